The minimum atomic E-state index is 0.204. The van der Waals surface area contributed by atoms with Gasteiger partial charge in [0.15, 0.2) is 0 Å². The molecular formula is C13H21N3OS. The average Bonchev–Trinajstić information content (AvgIpc) is 2.81. The lowest BCUT2D eigenvalue weighted by Crippen LogP contribution is -2.51. The number of carbonyl (C=O) groups is 1. The summed E-state index contributed by atoms with van der Waals surface area (Å²) in [6, 6.07) is 2.55. The van der Waals surface area contributed by atoms with E-state index in [4.69, 9.17) is 0 Å². The molecule has 18 heavy (non-hydrogen) atoms. The van der Waals surface area contributed by atoms with Gasteiger partial charge in [-0.25, -0.2) is 0 Å². The molecule has 2 rings (SSSR count). The van der Waals surface area contributed by atoms with Gasteiger partial charge in [0.05, 0.1) is 6.54 Å². The van der Waals surface area contributed by atoms with Gasteiger partial charge in [-0.3, -0.25) is 9.69 Å². The fourth-order valence-corrected chi connectivity index (χ4v) is 2.87. The number of rotatable bonds is 4. The molecule has 0 unspecified atom stereocenters. The Kier molecular flexibility index (Phi) is 4.74. The normalized spacial score (nSPS) is 20.9. The quantitative estimate of drug-likeness (QED) is 0.884. The summed E-state index contributed by atoms with van der Waals surface area (Å²) in [5.41, 5.74) is 1.21. The third-order valence-corrected chi connectivity index (χ3v) is 3.97. The molecule has 1 saturated heterocycles. The van der Waals surface area contributed by atoms with Crippen LogP contribution in [0.5, 0.6) is 0 Å². The molecular weight excluding hydrogens is 246 g/mol. The van der Waals surface area contributed by atoms with Crippen molar-refractivity contribution >= 4 is 17.2 Å². The van der Waals surface area contributed by atoms with Crippen LogP contribution in [0.4, 0.5) is 0 Å². The van der Waals surface area contributed by atoms with Crippen molar-refractivity contribution in [2.45, 2.75) is 19.5 Å². The van der Waals surface area contributed by atoms with Crippen molar-refractivity contribution in [3.63, 3.8) is 0 Å². The molecule has 4 nitrogen and oxygen atoms in total. The Morgan fingerprint density at radius 2 is 2.50 bits per heavy atom. The smallest absolute Gasteiger partial charge is 0.236 e. The van der Waals surface area contributed by atoms with Crippen LogP contribution in [0.15, 0.2) is 16.8 Å². The van der Waals surface area contributed by atoms with Crippen LogP contribution in [-0.2, 0) is 11.3 Å². The number of nitrogens with one attached hydrogen (secondary N) is 1. The standard InChI is InChI=1S/C13H21N3OS/c1-11-7-16(5-4-14-11)9-13(17)15(2)8-12-3-6-18-10-12/h3,6,10-11,14H,4-5,7-9H2,1-2H3/t11-/m0/s1. The highest BCUT2D eigenvalue weighted by Crippen LogP contribution is 2.09. The lowest BCUT2D eigenvalue weighted by atomic mass is 10.2. The third kappa shape index (κ3) is 3.80. The molecule has 2 heterocycles. The lowest BCUT2D eigenvalue weighted by Gasteiger charge is -2.32. The van der Waals surface area contributed by atoms with E-state index in [-0.39, 0.29) is 5.91 Å². The zero-order valence-corrected chi connectivity index (χ0v) is 11.9. The fraction of sp³-hybridized carbons (Fsp3) is 0.615. The average molecular weight is 267 g/mol. The van der Waals surface area contributed by atoms with E-state index < -0.39 is 0 Å². The van der Waals surface area contributed by atoms with Gasteiger partial charge < -0.3 is 10.2 Å². The van der Waals surface area contributed by atoms with Crippen LogP contribution in [0.2, 0.25) is 0 Å². The van der Waals surface area contributed by atoms with Crippen molar-refractivity contribution in [2.24, 2.45) is 0 Å². The predicted molar refractivity (Wildman–Crippen MR) is 74.7 cm³/mol. The number of hydrogen-bond acceptors (Lipinski definition) is 4. The first-order chi connectivity index (χ1) is 8.65. The minimum Gasteiger partial charge on any atom is -0.340 e. The highest BCUT2D eigenvalue weighted by molar-refractivity contribution is 7.07. The minimum absolute atomic E-state index is 0.204. The van der Waals surface area contributed by atoms with Crippen LogP contribution >= 0.6 is 11.3 Å². The number of likely N-dealkylation sites (N-methyl/N-ethyl adjacent to an activating group) is 1. The predicted octanol–water partition coefficient (Wildman–Crippen LogP) is 1.00. The maximum absolute atomic E-state index is 12.1. The summed E-state index contributed by atoms with van der Waals surface area (Å²) in [5, 5.41) is 7.53. The Morgan fingerprint density at radius 3 is 3.17 bits per heavy atom. The van der Waals surface area contributed by atoms with Gasteiger partial charge in [-0.1, -0.05) is 0 Å². The summed E-state index contributed by atoms with van der Waals surface area (Å²) in [6.07, 6.45) is 0. The Hall–Kier alpha value is -0.910. The Balaban J connectivity index is 1.79. The van der Waals surface area contributed by atoms with Crippen LogP contribution in [0.25, 0.3) is 0 Å². The summed E-state index contributed by atoms with van der Waals surface area (Å²) in [7, 11) is 1.88. The molecule has 1 aromatic rings. The number of piperazine rings is 1. The number of amides is 1. The van der Waals surface area contributed by atoms with E-state index in [1.54, 1.807) is 11.3 Å². The molecule has 0 aromatic carbocycles. The van der Waals surface area contributed by atoms with E-state index in [0.29, 0.717) is 19.1 Å². The topological polar surface area (TPSA) is 35.6 Å². The molecule has 1 fully saturated rings. The Morgan fingerprint density at radius 1 is 1.67 bits per heavy atom. The summed E-state index contributed by atoms with van der Waals surface area (Å²) < 4.78 is 0. The second-order valence-corrected chi connectivity index (χ2v) is 5.75. The van der Waals surface area contributed by atoms with Gasteiger partial charge in [-0.15, -0.1) is 0 Å². The molecule has 0 radical (unpaired) electrons. The van der Waals surface area contributed by atoms with Crippen molar-refractivity contribution in [3.05, 3.63) is 22.4 Å². The van der Waals surface area contributed by atoms with Gasteiger partial charge in [0.1, 0.15) is 0 Å². The molecule has 1 aliphatic heterocycles. The molecule has 1 N–H and O–H groups in total. The molecule has 0 spiro atoms. The van der Waals surface area contributed by atoms with Crippen molar-refractivity contribution in [1.82, 2.24) is 15.1 Å². The van der Waals surface area contributed by atoms with E-state index >= 15 is 0 Å². The first-order valence-corrected chi connectivity index (χ1v) is 7.30. The van der Waals surface area contributed by atoms with Gasteiger partial charge in [0.2, 0.25) is 5.91 Å². The maximum Gasteiger partial charge on any atom is 0.236 e. The first-order valence-electron chi connectivity index (χ1n) is 6.36. The molecule has 5 heteroatoms. The van der Waals surface area contributed by atoms with Crippen LogP contribution in [0, 0.1) is 0 Å². The van der Waals surface area contributed by atoms with Crippen LogP contribution in [0.1, 0.15) is 12.5 Å². The van der Waals surface area contributed by atoms with E-state index in [0.717, 1.165) is 19.6 Å². The molecule has 1 atom stereocenters. The SMILES string of the molecule is C[C@H]1CN(CC(=O)N(C)Cc2ccsc2)CCN1. The van der Waals surface area contributed by atoms with Crippen LogP contribution < -0.4 is 5.32 Å². The summed E-state index contributed by atoms with van der Waals surface area (Å²) >= 11 is 1.67. The lowest BCUT2D eigenvalue weighted by molar-refractivity contribution is -0.131. The molecule has 1 aliphatic rings. The summed E-state index contributed by atoms with van der Waals surface area (Å²) in [6.45, 7) is 6.30. The fourth-order valence-electron chi connectivity index (χ4n) is 2.21. The molecule has 0 bridgehead atoms. The highest BCUT2D eigenvalue weighted by Gasteiger charge is 2.19. The molecule has 1 amide bonds. The van der Waals surface area contributed by atoms with Gasteiger partial charge >= 0.3 is 0 Å². The van der Waals surface area contributed by atoms with Crippen molar-refractivity contribution in [2.75, 3.05) is 33.2 Å². The number of thiophene rings is 1. The van der Waals surface area contributed by atoms with Crippen molar-refractivity contribution in [1.29, 1.82) is 0 Å². The van der Waals surface area contributed by atoms with E-state index in [9.17, 15) is 4.79 Å². The second kappa shape index (κ2) is 6.31. The zero-order chi connectivity index (χ0) is 13.0. The van der Waals surface area contributed by atoms with Gasteiger partial charge in [0, 0.05) is 39.3 Å². The maximum atomic E-state index is 12.1. The van der Waals surface area contributed by atoms with E-state index in [1.807, 2.05) is 17.3 Å². The van der Waals surface area contributed by atoms with Gasteiger partial charge in [-0.2, -0.15) is 11.3 Å². The largest absolute Gasteiger partial charge is 0.340 e. The molecule has 0 saturated carbocycles. The number of nitrogens with zero attached hydrogens (tertiary/aromatic N) is 2. The zero-order valence-electron chi connectivity index (χ0n) is 11.1. The third-order valence-electron chi connectivity index (χ3n) is 3.24. The van der Waals surface area contributed by atoms with E-state index in [1.165, 1.54) is 5.56 Å². The van der Waals surface area contributed by atoms with Crippen LogP contribution in [0.3, 0.4) is 0 Å². The molecule has 0 aliphatic carbocycles. The van der Waals surface area contributed by atoms with Crippen LogP contribution in [-0.4, -0.2) is 55.0 Å². The van der Waals surface area contributed by atoms with Crippen molar-refractivity contribution in [3.8, 4) is 0 Å². The molecule has 1 aromatic heterocycles. The highest BCUT2D eigenvalue weighted by atomic mass is 32.1. The summed E-state index contributed by atoms with van der Waals surface area (Å²) in [5.74, 6) is 0.204. The monoisotopic (exact) mass is 267 g/mol. The second-order valence-electron chi connectivity index (χ2n) is 4.97. The molecule has 100 valence electrons. The Labute approximate surface area is 113 Å². The number of carbonyl (C=O) groups excluding carboxylic acids is 1. The summed E-state index contributed by atoms with van der Waals surface area (Å²) in [4.78, 5) is 16.2. The van der Waals surface area contributed by atoms with Gasteiger partial charge in [-0.05, 0) is 29.3 Å². The first kappa shape index (κ1) is 13.5. The van der Waals surface area contributed by atoms with Crippen molar-refractivity contribution < 1.29 is 4.79 Å². The van der Waals surface area contributed by atoms with Gasteiger partial charge in [0.25, 0.3) is 0 Å². The Bertz CT molecular complexity index is 380. The number of hydrogen-bond donors (Lipinski definition) is 1. The van der Waals surface area contributed by atoms with E-state index in [2.05, 4.69) is 28.6 Å².